The van der Waals surface area contributed by atoms with Gasteiger partial charge in [0.2, 0.25) is 0 Å². The topological polar surface area (TPSA) is 127 Å². The number of aromatic nitrogens is 2. The first-order valence-corrected chi connectivity index (χ1v) is 12.2. The summed E-state index contributed by atoms with van der Waals surface area (Å²) in [6.45, 7) is 0. The summed E-state index contributed by atoms with van der Waals surface area (Å²) >= 11 is 5.73. The molecule has 2 heterocycles. The summed E-state index contributed by atoms with van der Waals surface area (Å²) in [5.74, 6) is -1.53. The van der Waals surface area contributed by atoms with Crippen LogP contribution in [0.5, 0.6) is 5.75 Å². The second kappa shape index (κ2) is 10.4. The Bertz CT molecular complexity index is 1550. The summed E-state index contributed by atoms with van der Waals surface area (Å²) in [5, 5.41) is 5.79. The Kier molecular flexibility index (Phi) is 7.27. The van der Waals surface area contributed by atoms with Crippen LogP contribution in [0.3, 0.4) is 0 Å². The van der Waals surface area contributed by atoms with Crippen molar-refractivity contribution in [3.05, 3.63) is 77.6 Å². The molecule has 0 aliphatic rings. The highest BCUT2D eigenvalue weighted by Crippen LogP contribution is 2.39. The fourth-order valence-electron chi connectivity index (χ4n) is 3.34. The van der Waals surface area contributed by atoms with Crippen molar-refractivity contribution in [2.45, 2.75) is 4.90 Å². The van der Waals surface area contributed by atoms with Crippen LogP contribution in [0.4, 0.5) is 30.9 Å². The van der Waals surface area contributed by atoms with Gasteiger partial charge in [0.05, 0.1) is 17.8 Å². The summed E-state index contributed by atoms with van der Waals surface area (Å²) in [5.41, 5.74) is 0.158. The number of urea groups is 1. The molecule has 2 aromatic carbocycles. The Hall–Kier alpha value is -4.23. The molecule has 0 saturated carbocycles. The van der Waals surface area contributed by atoms with Gasteiger partial charge in [-0.25, -0.2) is 31.9 Å². The molecule has 0 unspecified atom stereocenters. The van der Waals surface area contributed by atoms with Gasteiger partial charge in [-0.15, -0.1) is 0 Å². The highest BCUT2D eigenvalue weighted by molar-refractivity contribution is 7.92. The average molecular weight is 550 g/mol. The molecule has 0 aliphatic carbocycles. The number of anilines is 3. The Morgan fingerprint density at radius 2 is 1.89 bits per heavy atom. The van der Waals surface area contributed by atoms with Crippen LogP contribution in [0.1, 0.15) is 0 Å². The number of hydrogen-bond acceptors (Lipinski definition) is 7. The molecule has 2 aromatic heterocycles. The number of amides is 2. The van der Waals surface area contributed by atoms with Crippen LogP contribution in [0.2, 0.25) is 5.02 Å². The molecule has 2 amide bonds. The standard InChI is InChI=1S/C23H18ClF2N5O5S/c1-27-23(32)31(22-6-4-14(12-28-22)37(33,34)30-21-7-8-36-29-21)19-11-17(25)15(10-20(19)35-2)13-3-5-16(24)18(26)9-13/h3-12H,1-2H3,(H,27,32)(H,29,30). The summed E-state index contributed by atoms with van der Waals surface area (Å²) in [6, 6.07) is 9.18. The van der Waals surface area contributed by atoms with Crippen LogP contribution < -0.4 is 19.7 Å². The van der Waals surface area contributed by atoms with Gasteiger partial charge in [0.1, 0.15) is 34.4 Å². The van der Waals surface area contributed by atoms with Crippen molar-refractivity contribution in [1.29, 1.82) is 0 Å². The lowest BCUT2D eigenvalue weighted by molar-refractivity contribution is 0.250. The molecule has 0 saturated heterocycles. The number of sulfonamides is 1. The fraction of sp³-hybridized carbons (Fsp3) is 0.0870. The molecule has 0 aliphatic heterocycles. The van der Waals surface area contributed by atoms with Gasteiger partial charge in [0.25, 0.3) is 10.0 Å². The van der Waals surface area contributed by atoms with Crippen LogP contribution in [0.25, 0.3) is 11.1 Å². The van der Waals surface area contributed by atoms with E-state index in [0.717, 1.165) is 23.2 Å². The maximum atomic E-state index is 15.2. The minimum absolute atomic E-state index is 0.00125. The maximum Gasteiger partial charge on any atom is 0.327 e. The van der Waals surface area contributed by atoms with Crippen LogP contribution >= 0.6 is 11.6 Å². The number of ether oxygens (including phenoxy) is 1. The van der Waals surface area contributed by atoms with Crippen molar-refractivity contribution in [2.75, 3.05) is 23.8 Å². The minimum atomic E-state index is -4.06. The number of pyridine rings is 1. The Morgan fingerprint density at radius 3 is 2.49 bits per heavy atom. The lowest BCUT2D eigenvalue weighted by atomic mass is 10.0. The molecule has 0 fully saturated rings. The summed E-state index contributed by atoms with van der Waals surface area (Å²) in [6.07, 6.45) is 2.21. The SMILES string of the molecule is CNC(=O)N(c1ccc(S(=O)(=O)Nc2ccon2)cn1)c1cc(F)c(-c2ccc(Cl)c(F)c2)cc1OC. The van der Waals surface area contributed by atoms with E-state index in [0.29, 0.717) is 0 Å². The Morgan fingerprint density at radius 1 is 1.11 bits per heavy atom. The molecular weight excluding hydrogens is 532 g/mol. The number of methoxy groups -OCH3 is 1. The predicted molar refractivity (Wildman–Crippen MR) is 131 cm³/mol. The Labute approximate surface area is 214 Å². The van der Waals surface area contributed by atoms with Crippen molar-refractivity contribution in [1.82, 2.24) is 15.5 Å². The van der Waals surface area contributed by atoms with Crippen molar-refractivity contribution in [2.24, 2.45) is 0 Å². The molecule has 4 aromatic rings. The van der Waals surface area contributed by atoms with E-state index < -0.39 is 27.7 Å². The van der Waals surface area contributed by atoms with Gasteiger partial charge in [-0.2, -0.15) is 0 Å². The van der Waals surface area contributed by atoms with Gasteiger partial charge in [-0.05, 0) is 35.9 Å². The van der Waals surface area contributed by atoms with E-state index >= 15 is 4.39 Å². The monoisotopic (exact) mass is 549 g/mol. The molecular formula is C23H18ClF2N5O5S. The van der Waals surface area contributed by atoms with Gasteiger partial charge in [-0.3, -0.25) is 4.72 Å². The van der Waals surface area contributed by atoms with E-state index in [-0.39, 0.29) is 44.1 Å². The van der Waals surface area contributed by atoms with Crippen LogP contribution in [-0.4, -0.2) is 38.7 Å². The highest BCUT2D eigenvalue weighted by Gasteiger charge is 2.26. The predicted octanol–water partition coefficient (Wildman–Crippen LogP) is 4.96. The second-order valence-electron chi connectivity index (χ2n) is 7.37. The van der Waals surface area contributed by atoms with Crippen molar-refractivity contribution in [3.63, 3.8) is 0 Å². The number of hydrogen-bond donors (Lipinski definition) is 2. The van der Waals surface area contributed by atoms with Crippen molar-refractivity contribution in [3.8, 4) is 16.9 Å². The van der Waals surface area contributed by atoms with Gasteiger partial charge in [0.15, 0.2) is 5.82 Å². The first kappa shape index (κ1) is 25.9. The lowest BCUT2D eigenvalue weighted by Gasteiger charge is -2.24. The number of nitrogens with one attached hydrogen (secondary N) is 2. The number of halogens is 3. The van der Waals surface area contributed by atoms with E-state index in [1.54, 1.807) is 0 Å². The van der Waals surface area contributed by atoms with E-state index in [9.17, 15) is 17.6 Å². The molecule has 0 atom stereocenters. The maximum absolute atomic E-state index is 15.2. The molecule has 0 bridgehead atoms. The van der Waals surface area contributed by atoms with E-state index in [2.05, 4.69) is 24.7 Å². The molecule has 10 nitrogen and oxygen atoms in total. The number of carbonyl (C=O) groups excluding carboxylic acids is 1. The van der Waals surface area contributed by atoms with Gasteiger partial charge in [-0.1, -0.05) is 22.8 Å². The van der Waals surface area contributed by atoms with E-state index in [1.807, 2.05) is 0 Å². The zero-order valence-corrected chi connectivity index (χ0v) is 20.8. The number of benzene rings is 2. The van der Waals surface area contributed by atoms with Crippen LogP contribution in [0.15, 0.2) is 70.4 Å². The smallest absolute Gasteiger partial charge is 0.327 e. The molecule has 192 valence electrons. The largest absolute Gasteiger partial charge is 0.495 e. The molecule has 14 heteroatoms. The second-order valence-corrected chi connectivity index (χ2v) is 9.46. The van der Waals surface area contributed by atoms with E-state index in [1.165, 1.54) is 56.8 Å². The zero-order chi connectivity index (χ0) is 26.7. The third kappa shape index (κ3) is 5.32. The quantitative estimate of drug-likeness (QED) is 0.334. The molecule has 0 radical (unpaired) electrons. The minimum Gasteiger partial charge on any atom is -0.495 e. The number of rotatable bonds is 7. The highest BCUT2D eigenvalue weighted by atomic mass is 35.5. The first-order chi connectivity index (χ1) is 17.6. The Balaban J connectivity index is 1.75. The number of carbonyl (C=O) groups is 1. The van der Waals surface area contributed by atoms with Crippen molar-refractivity contribution >= 4 is 45.0 Å². The van der Waals surface area contributed by atoms with E-state index in [4.69, 9.17) is 16.3 Å². The molecule has 2 N–H and O–H groups in total. The van der Waals surface area contributed by atoms with Crippen molar-refractivity contribution < 1.29 is 31.3 Å². The number of nitrogens with zero attached hydrogens (tertiary/aromatic N) is 3. The fourth-order valence-corrected chi connectivity index (χ4v) is 4.39. The molecule has 4 rings (SSSR count). The zero-order valence-electron chi connectivity index (χ0n) is 19.2. The third-order valence-electron chi connectivity index (χ3n) is 5.09. The van der Waals surface area contributed by atoms with Gasteiger partial charge >= 0.3 is 6.03 Å². The third-order valence-corrected chi connectivity index (χ3v) is 6.74. The normalized spacial score (nSPS) is 11.2. The molecule has 37 heavy (non-hydrogen) atoms. The summed E-state index contributed by atoms with van der Waals surface area (Å²) < 4.78 is 66.6. The molecule has 0 spiro atoms. The van der Waals surface area contributed by atoms with Crippen LogP contribution in [-0.2, 0) is 10.0 Å². The van der Waals surface area contributed by atoms with Crippen LogP contribution in [0, 0.1) is 11.6 Å². The first-order valence-electron chi connectivity index (χ1n) is 10.4. The van der Waals surface area contributed by atoms with Gasteiger partial charge < -0.3 is 14.6 Å². The average Bonchev–Trinajstić information content (AvgIpc) is 3.38. The van der Waals surface area contributed by atoms with Gasteiger partial charge in [0, 0.05) is 30.9 Å². The summed E-state index contributed by atoms with van der Waals surface area (Å²) in [4.78, 5) is 17.7. The lowest BCUT2D eigenvalue weighted by Crippen LogP contribution is -2.35. The summed E-state index contributed by atoms with van der Waals surface area (Å²) in [7, 11) is -1.40.